The predicted octanol–water partition coefficient (Wildman–Crippen LogP) is 0.711. The summed E-state index contributed by atoms with van der Waals surface area (Å²) in [4.78, 5) is 40.2. The molecule has 2 heterocycles. The van der Waals surface area contributed by atoms with E-state index in [2.05, 4.69) is 10.3 Å². The van der Waals surface area contributed by atoms with Gasteiger partial charge in [0.05, 0.1) is 0 Å². The lowest BCUT2D eigenvalue weighted by atomic mass is 10.0. The highest BCUT2D eigenvalue weighted by Crippen LogP contribution is 2.30. The second-order valence-corrected chi connectivity index (χ2v) is 4.80. The van der Waals surface area contributed by atoms with Crippen molar-refractivity contribution >= 4 is 17.7 Å². The monoisotopic (exact) mass is 278 g/mol. The Balaban J connectivity index is 1.86. The quantitative estimate of drug-likeness (QED) is 0.808. The third kappa shape index (κ3) is 1.91. The third-order valence-corrected chi connectivity index (χ3v) is 3.59. The van der Waals surface area contributed by atoms with Gasteiger partial charge in [-0.05, 0) is 24.1 Å². The summed E-state index contributed by atoms with van der Waals surface area (Å²) in [6.45, 7) is 0.271. The number of fused-ring (bicyclic) bond motifs is 1. The van der Waals surface area contributed by atoms with Crippen LogP contribution in [0.3, 0.4) is 0 Å². The molecule has 0 aromatic heterocycles. The molecule has 1 atom stereocenters. The zero-order valence-corrected chi connectivity index (χ0v) is 10.4. The molecule has 104 valence electrons. The maximum Gasteiger partial charge on any atom is 0.255 e. The SMILES string of the molecule is O=C1CCC(N2Cc3ccc(OF)cc3C2=O)C(=O)N1. The van der Waals surface area contributed by atoms with E-state index in [-0.39, 0.29) is 30.5 Å². The van der Waals surface area contributed by atoms with Gasteiger partial charge in [-0.3, -0.25) is 24.6 Å². The number of benzene rings is 1. The van der Waals surface area contributed by atoms with E-state index in [4.69, 9.17) is 0 Å². The molecule has 0 saturated carbocycles. The fourth-order valence-electron chi connectivity index (χ4n) is 2.58. The molecule has 7 heteroatoms. The Bertz CT molecular complexity index is 616. The molecule has 2 aliphatic rings. The first-order valence-electron chi connectivity index (χ1n) is 6.16. The second kappa shape index (κ2) is 4.59. The number of halogens is 1. The van der Waals surface area contributed by atoms with Crippen LogP contribution in [0.15, 0.2) is 18.2 Å². The van der Waals surface area contributed by atoms with E-state index in [0.29, 0.717) is 17.5 Å². The van der Waals surface area contributed by atoms with Crippen LogP contribution in [0.2, 0.25) is 0 Å². The highest BCUT2D eigenvalue weighted by molar-refractivity contribution is 6.05. The van der Waals surface area contributed by atoms with Crippen molar-refractivity contribution in [2.24, 2.45) is 0 Å². The van der Waals surface area contributed by atoms with Gasteiger partial charge in [-0.25, -0.2) is 0 Å². The van der Waals surface area contributed by atoms with Gasteiger partial charge in [0, 0.05) is 23.1 Å². The molecule has 1 fully saturated rings. The molecular weight excluding hydrogens is 267 g/mol. The van der Waals surface area contributed by atoms with Crippen molar-refractivity contribution in [2.45, 2.75) is 25.4 Å². The van der Waals surface area contributed by atoms with Gasteiger partial charge in [0.2, 0.25) is 11.8 Å². The van der Waals surface area contributed by atoms with Crippen molar-refractivity contribution in [2.75, 3.05) is 0 Å². The largest absolute Gasteiger partial charge is 0.322 e. The summed E-state index contributed by atoms with van der Waals surface area (Å²) < 4.78 is 12.2. The summed E-state index contributed by atoms with van der Waals surface area (Å²) in [7, 11) is 0. The van der Waals surface area contributed by atoms with E-state index in [9.17, 15) is 18.9 Å². The van der Waals surface area contributed by atoms with Gasteiger partial charge >= 0.3 is 0 Å². The van der Waals surface area contributed by atoms with Crippen molar-refractivity contribution in [3.05, 3.63) is 29.3 Å². The maximum atomic E-state index is 12.3. The van der Waals surface area contributed by atoms with Crippen LogP contribution in [-0.2, 0) is 16.1 Å². The number of amides is 3. The Morgan fingerprint density at radius 2 is 2.10 bits per heavy atom. The molecule has 20 heavy (non-hydrogen) atoms. The van der Waals surface area contributed by atoms with E-state index in [1.165, 1.54) is 17.0 Å². The summed E-state index contributed by atoms with van der Waals surface area (Å²) >= 11 is 0. The molecular formula is C13H11FN2O4. The Kier molecular flexibility index (Phi) is 2.89. The molecule has 1 aromatic carbocycles. The number of hydrogen-bond donors (Lipinski definition) is 1. The molecule has 3 rings (SSSR count). The zero-order chi connectivity index (χ0) is 14.3. The standard InChI is InChI=1S/C13H11FN2O4/c14-20-8-2-1-7-6-16(13(19)9(7)5-8)10-3-4-11(17)15-12(10)18/h1-2,5,10H,3-4,6H2,(H,15,17,18). The summed E-state index contributed by atoms with van der Waals surface area (Å²) in [6.07, 6.45) is 0.506. The second-order valence-electron chi connectivity index (χ2n) is 4.80. The third-order valence-electron chi connectivity index (χ3n) is 3.59. The van der Waals surface area contributed by atoms with E-state index < -0.39 is 11.9 Å². The lowest BCUT2D eigenvalue weighted by Crippen LogP contribution is -2.52. The number of nitrogens with one attached hydrogen (secondary N) is 1. The Labute approximate surface area is 113 Å². The van der Waals surface area contributed by atoms with Crippen LogP contribution < -0.4 is 10.3 Å². The minimum absolute atomic E-state index is 0.0535. The van der Waals surface area contributed by atoms with Gasteiger partial charge in [-0.2, -0.15) is 0 Å². The van der Waals surface area contributed by atoms with Crippen molar-refractivity contribution in [3.8, 4) is 5.75 Å². The minimum Gasteiger partial charge on any atom is -0.322 e. The normalized spacial score (nSPS) is 21.8. The highest BCUT2D eigenvalue weighted by atomic mass is 19.3. The molecule has 0 radical (unpaired) electrons. The number of carbonyl (C=O) groups is 3. The lowest BCUT2D eigenvalue weighted by molar-refractivity contribution is -0.136. The van der Waals surface area contributed by atoms with E-state index in [1.807, 2.05) is 0 Å². The Morgan fingerprint density at radius 3 is 2.80 bits per heavy atom. The smallest absolute Gasteiger partial charge is 0.255 e. The fourth-order valence-corrected chi connectivity index (χ4v) is 2.58. The van der Waals surface area contributed by atoms with E-state index in [0.717, 1.165) is 0 Å². The van der Waals surface area contributed by atoms with Crippen LogP contribution in [0.25, 0.3) is 0 Å². The average Bonchev–Trinajstić information content (AvgIpc) is 2.76. The van der Waals surface area contributed by atoms with Crippen molar-refractivity contribution < 1.29 is 23.9 Å². The average molecular weight is 278 g/mol. The molecule has 0 spiro atoms. The van der Waals surface area contributed by atoms with Gasteiger partial charge in [0.1, 0.15) is 6.04 Å². The maximum absolute atomic E-state index is 12.3. The molecule has 1 N–H and O–H groups in total. The number of piperidine rings is 1. The fraction of sp³-hybridized carbons (Fsp3) is 0.308. The zero-order valence-electron chi connectivity index (χ0n) is 10.4. The molecule has 1 unspecified atom stereocenters. The topological polar surface area (TPSA) is 75.7 Å². The van der Waals surface area contributed by atoms with E-state index in [1.54, 1.807) is 6.07 Å². The van der Waals surface area contributed by atoms with Crippen LogP contribution in [-0.4, -0.2) is 28.7 Å². The number of carbonyl (C=O) groups excluding carboxylic acids is 3. The molecule has 0 aliphatic carbocycles. The molecule has 3 amide bonds. The predicted molar refractivity (Wildman–Crippen MR) is 64.2 cm³/mol. The summed E-state index contributed by atoms with van der Waals surface area (Å²) in [5, 5.41) is 2.22. The highest BCUT2D eigenvalue weighted by Gasteiger charge is 2.39. The first kappa shape index (κ1) is 12.6. The molecule has 2 aliphatic heterocycles. The number of hydrogen-bond acceptors (Lipinski definition) is 4. The van der Waals surface area contributed by atoms with Gasteiger partial charge < -0.3 is 4.90 Å². The summed E-state index contributed by atoms with van der Waals surface area (Å²) in [5.74, 6) is -1.21. The molecule has 6 nitrogen and oxygen atoms in total. The summed E-state index contributed by atoms with van der Waals surface area (Å²) in [6, 6.07) is 3.65. The summed E-state index contributed by atoms with van der Waals surface area (Å²) in [5.41, 5.74) is 1.03. The first-order valence-corrected chi connectivity index (χ1v) is 6.16. The minimum atomic E-state index is -0.664. The van der Waals surface area contributed by atoms with Crippen LogP contribution in [0.4, 0.5) is 4.53 Å². The van der Waals surface area contributed by atoms with Gasteiger partial charge in [-0.1, -0.05) is 6.07 Å². The Morgan fingerprint density at radius 1 is 1.30 bits per heavy atom. The van der Waals surface area contributed by atoms with Crippen molar-refractivity contribution in [1.29, 1.82) is 0 Å². The van der Waals surface area contributed by atoms with Crippen LogP contribution in [0.5, 0.6) is 5.75 Å². The first-order chi connectivity index (χ1) is 9.60. The van der Waals surface area contributed by atoms with Crippen molar-refractivity contribution in [3.63, 3.8) is 0 Å². The molecule has 1 aromatic rings. The number of imide groups is 1. The van der Waals surface area contributed by atoms with E-state index >= 15 is 0 Å². The van der Waals surface area contributed by atoms with Gasteiger partial charge in [0.15, 0.2) is 5.75 Å². The lowest BCUT2D eigenvalue weighted by Gasteiger charge is -2.29. The van der Waals surface area contributed by atoms with Crippen LogP contribution in [0, 0.1) is 0 Å². The molecule has 0 bridgehead atoms. The van der Waals surface area contributed by atoms with Gasteiger partial charge in [-0.15, -0.1) is 0 Å². The molecule has 1 saturated heterocycles. The number of nitrogens with zero attached hydrogens (tertiary/aromatic N) is 1. The van der Waals surface area contributed by atoms with Crippen LogP contribution >= 0.6 is 0 Å². The van der Waals surface area contributed by atoms with Gasteiger partial charge in [0.25, 0.3) is 5.91 Å². The van der Waals surface area contributed by atoms with Crippen LogP contribution in [0.1, 0.15) is 28.8 Å². The Hall–Kier alpha value is -2.44. The number of rotatable bonds is 2. The van der Waals surface area contributed by atoms with Crippen molar-refractivity contribution in [1.82, 2.24) is 10.2 Å².